The fourth-order valence-electron chi connectivity index (χ4n) is 4.35. The van der Waals surface area contributed by atoms with Gasteiger partial charge in [-0.2, -0.15) is 0 Å². The highest BCUT2D eigenvalue weighted by Gasteiger charge is 2.42. The number of anilines is 1. The normalized spacial score (nSPS) is 18.5. The molecule has 2 aromatic rings. The highest BCUT2D eigenvalue weighted by molar-refractivity contribution is 7.84. The number of likely N-dealkylation sites (tertiary alicyclic amines) is 1. The zero-order chi connectivity index (χ0) is 32.2. The Balaban J connectivity index is 0.000000456. The van der Waals surface area contributed by atoms with Gasteiger partial charge in [0.05, 0.1) is 10.9 Å². The third-order valence-electron chi connectivity index (χ3n) is 6.82. The molecule has 3 atom stereocenters. The van der Waals surface area contributed by atoms with E-state index in [1.54, 1.807) is 17.0 Å². The molecule has 2 aliphatic carbocycles. The van der Waals surface area contributed by atoms with Gasteiger partial charge in [0, 0.05) is 23.5 Å². The van der Waals surface area contributed by atoms with Crippen LogP contribution in [0.25, 0.3) is 11.3 Å². The maximum atomic E-state index is 13.6. The monoisotopic (exact) mass is 629 g/mol. The molecule has 5 rings (SSSR count). The van der Waals surface area contributed by atoms with Gasteiger partial charge in [-0.1, -0.05) is 32.9 Å². The van der Waals surface area contributed by atoms with Crippen LogP contribution < -0.4 is 15.4 Å². The topological polar surface area (TPSA) is 141 Å². The summed E-state index contributed by atoms with van der Waals surface area (Å²) in [6.07, 6.45) is 14.1. The number of nitrogens with one attached hydrogen (secondary N) is 3. The number of aromatic nitrogens is 1. The van der Waals surface area contributed by atoms with Gasteiger partial charge in [-0.3, -0.25) is 19.1 Å². The Labute approximate surface area is 261 Å². The number of thiazole rings is 1. The lowest BCUT2D eigenvalue weighted by Gasteiger charge is -2.35. The van der Waals surface area contributed by atoms with E-state index in [0.29, 0.717) is 35.8 Å². The predicted octanol–water partition coefficient (Wildman–Crippen LogP) is 4.22. The standard InChI is InChI=1S/C23H30N4O3S.C4H7NO2S.C2H4.C2H2/c1-23(2,3)19(21(30)27-12-6-8-17(27)20(29)24-14-10-11-14)26-22-25-16(13-31-22)15-7-4-5-9-18(15)28;6-3-5-8(7)4-1-2-4;2*1-2/h4-5,7,9,13-14,17,19,28H,6,8,10-12H2,1-3H3,(H,24,29)(H,25,26);3-4H,1-2H2,(H,5,6);1-2H2;1-2H/t17-,19+;;;/m0.../s1. The highest BCUT2D eigenvalue weighted by atomic mass is 32.2. The van der Waals surface area contributed by atoms with Gasteiger partial charge in [0.15, 0.2) is 5.13 Å². The lowest BCUT2D eigenvalue weighted by atomic mass is 9.85. The summed E-state index contributed by atoms with van der Waals surface area (Å²) in [5, 5.41) is 19.2. The molecule has 12 heteroatoms. The number of nitrogens with zero attached hydrogens (tertiary/aromatic N) is 2. The molecule has 3 fully saturated rings. The summed E-state index contributed by atoms with van der Waals surface area (Å²) < 4.78 is 12.8. The number of hydrogen-bond acceptors (Lipinski definition) is 8. The van der Waals surface area contributed by atoms with Crippen LogP contribution >= 0.6 is 11.3 Å². The average molecular weight is 630 g/mol. The second-order valence-electron chi connectivity index (χ2n) is 11.2. The maximum Gasteiger partial charge on any atom is 0.246 e. The molecule has 1 aliphatic heterocycles. The first kappa shape index (κ1) is 35.5. The zero-order valence-electron chi connectivity index (χ0n) is 25.1. The van der Waals surface area contributed by atoms with Gasteiger partial charge in [-0.05, 0) is 56.1 Å². The third kappa shape index (κ3) is 10.5. The molecule has 3 aliphatic rings. The number of phenols is 1. The lowest BCUT2D eigenvalue weighted by molar-refractivity contribution is -0.140. The van der Waals surface area contributed by atoms with Crippen molar-refractivity contribution in [2.75, 3.05) is 11.9 Å². The van der Waals surface area contributed by atoms with Crippen molar-refractivity contribution in [3.63, 3.8) is 0 Å². The Bertz CT molecular complexity index is 1270. The molecule has 234 valence electrons. The molecule has 1 aromatic carbocycles. The van der Waals surface area contributed by atoms with Crippen LogP contribution in [0.2, 0.25) is 0 Å². The Hall–Kier alpha value is -3.69. The molecule has 1 saturated heterocycles. The van der Waals surface area contributed by atoms with E-state index in [0.717, 1.165) is 32.1 Å². The fraction of sp³-hybridized carbons (Fsp3) is 0.484. The number of phenolic OH excluding ortho intramolecular Hbond substituents is 1. The largest absolute Gasteiger partial charge is 0.507 e. The minimum Gasteiger partial charge on any atom is -0.507 e. The zero-order valence-corrected chi connectivity index (χ0v) is 26.7. The quantitative estimate of drug-likeness (QED) is 0.185. The second-order valence-corrected chi connectivity index (χ2v) is 13.6. The molecule has 0 radical (unpaired) electrons. The van der Waals surface area contributed by atoms with Crippen molar-refractivity contribution in [1.29, 1.82) is 0 Å². The van der Waals surface area contributed by atoms with Crippen LogP contribution in [-0.4, -0.2) is 67.3 Å². The smallest absolute Gasteiger partial charge is 0.246 e. The van der Waals surface area contributed by atoms with Gasteiger partial charge in [-0.25, -0.2) is 9.19 Å². The Kier molecular flexibility index (Phi) is 13.9. The summed E-state index contributed by atoms with van der Waals surface area (Å²) in [7, 11) is -1.08. The lowest BCUT2D eigenvalue weighted by Crippen LogP contribution is -2.54. The van der Waals surface area contributed by atoms with Crippen LogP contribution in [0.1, 0.15) is 59.3 Å². The van der Waals surface area contributed by atoms with Gasteiger partial charge < -0.3 is 20.6 Å². The summed E-state index contributed by atoms with van der Waals surface area (Å²) in [6.45, 7) is 12.6. The first-order chi connectivity index (χ1) is 20.6. The van der Waals surface area contributed by atoms with Gasteiger partial charge in [0.1, 0.15) is 28.8 Å². The van der Waals surface area contributed by atoms with Crippen molar-refractivity contribution in [3.05, 3.63) is 42.8 Å². The number of hydrogen-bond donors (Lipinski definition) is 4. The van der Waals surface area contributed by atoms with Gasteiger partial charge >= 0.3 is 0 Å². The Morgan fingerprint density at radius 3 is 2.37 bits per heavy atom. The number of aromatic hydroxyl groups is 1. The van der Waals surface area contributed by atoms with Crippen molar-refractivity contribution in [1.82, 2.24) is 19.9 Å². The van der Waals surface area contributed by atoms with E-state index in [-0.39, 0.29) is 34.3 Å². The molecule has 0 bridgehead atoms. The van der Waals surface area contributed by atoms with E-state index in [1.165, 1.54) is 11.3 Å². The molecule has 2 saturated carbocycles. The van der Waals surface area contributed by atoms with Crippen LogP contribution in [-0.2, 0) is 25.4 Å². The molecular weight excluding hydrogens is 587 g/mol. The van der Waals surface area contributed by atoms with E-state index < -0.39 is 23.1 Å². The van der Waals surface area contributed by atoms with Crippen LogP contribution in [0.15, 0.2) is 42.8 Å². The summed E-state index contributed by atoms with van der Waals surface area (Å²) in [5.74, 6) is 0.0710. The molecule has 43 heavy (non-hydrogen) atoms. The number of amides is 3. The van der Waals surface area contributed by atoms with Crippen LogP contribution in [0, 0.1) is 18.3 Å². The van der Waals surface area contributed by atoms with Crippen molar-refractivity contribution in [3.8, 4) is 29.9 Å². The van der Waals surface area contributed by atoms with E-state index in [1.807, 2.05) is 38.3 Å². The summed E-state index contributed by atoms with van der Waals surface area (Å²) in [6, 6.07) is 6.42. The van der Waals surface area contributed by atoms with Gasteiger partial charge in [0.25, 0.3) is 0 Å². The minimum atomic E-state index is -1.08. The molecule has 4 N–H and O–H groups in total. The van der Waals surface area contributed by atoms with Crippen LogP contribution in [0.5, 0.6) is 5.75 Å². The fourth-order valence-corrected chi connectivity index (χ4v) is 5.94. The van der Waals surface area contributed by atoms with E-state index in [2.05, 4.69) is 46.3 Å². The van der Waals surface area contributed by atoms with E-state index in [4.69, 9.17) is 0 Å². The molecule has 2 heterocycles. The van der Waals surface area contributed by atoms with Crippen molar-refractivity contribution >= 4 is 45.7 Å². The first-order valence-corrected chi connectivity index (χ1v) is 16.2. The van der Waals surface area contributed by atoms with Crippen LogP contribution in [0.3, 0.4) is 0 Å². The van der Waals surface area contributed by atoms with Crippen molar-refractivity contribution < 1.29 is 23.7 Å². The van der Waals surface area contributed by atoms with Crippen LogP contribution in [0.4, 0.5) is 5.13 Å². The number of benzene rings is 1. The SMILES string of the molecule is C#C.C=C.CC(C)(C)[C@H](Nc1nc(-c2ccccc2O)cs1)C(=O)N1CCC[C@H]1C(=O)NC1CC1.O=CNS(=O)C1CC1. The molecule has 0 spiro atoms. The molecule has 3 amide bonds. The van der Waals surface area contributed by atoms with E-state index in [9.17, 15) is 23.7 Å². The van der Waals surface area contributed by atoms with E-state index >= 15 is 0 Å². The minimum absolute atomic E-state index is 0.0305. The Morgan fingerprint density at radius 1 is 1.16 bits per heavy atom. The van der Waals surface area contributed by atoms with Gasteiger partial charge in [-0.15, -0.1) is 37.3 Å². The van der Waals surface area contributed by atoms with Crippen molar-refractivity contribution in [2.45, 2.75) is 82.7 Å². The first-order valence-electron chi connectivity index (χ1n) is 14.1. The third-order valence-corrected chi connectivity index (χ3v) is 9.00. The second kappa shape index (κ2) is 16.8. The number of rotatable bonds is 9. The Morgan fingerprint density at radius 2 is 1.81 bits per heavy atom. The summed E-state index contributed by atoms with van der Waals surface area (Å²) in [5.41, 5.74) is 0.938. The summed E-state index contributed by atoms with van der Waals surface area (Å²) >= 11 is 1.40. The molecule has 1 unspecified atom stereocenters. The van der Waals surface area contributed by atoms with Crippen molar-refractivity contribution in [2.24, 2.45) is 5.41 Å². The number of carbonyl (C=O) groups is 3. The molecular formula is C31H43N5O5S2. The number of terminal acetylenes is 1. The maximum absolute atomic E-state index is 13.6. The summed E-state index contributed by atoms with van der Waals surface area (Å²) in [4.78, 5) is 42.2. The number of para-hydroxylation sites is 1. The predicted molar refractivity (Wildman–Crippen MR) is 173 cm³/mol. The van der Waals surface area contributed by atoms with Gasteiger partial charge in [0.2, 0.25) is 18.2 Å². The highest BCUT2D eigenvalue weighted by Crippen LogP contribution is 2.34. The molecule has 1 aromatic heterocycles. The number of carbonyl (C=O) groups excluding carboxylic acids is 3. The molecule has 10 nitrogen and oxygen atoms in total. The average Bonchev–Trinajstić information content (AvgIpc) is 3.91.